The topological polar surface area (TPSA) is 35.6 Å². The van der Waals surface area contributed by atoms with E-state index in [1.54, 1.807) is 6.20 Å². The van der Waals surface area contributed by atoms with Gasteiger partial charge in [0.25, 0.3) is 0 Å². The highest BCUT2D eigenvalue weighted by Crippen LogP contribution is 2.19. The molecular formula is C10H13BrN4. The van der Waals surface area contributed by atoms with Gasteiger partial charge in [-0.1, -0.05) is 0 Å². The fourth-order valence-corrected chi connectivity index (χ4v) is 1.81. The number of halogens is 1. The molecule has 15 heavy (non-hydrogen) atoms. The van der Waals surface area contributed by atoms with E-state index >= 15 is 0 Å². The molecular weight excluding hydrogens is 256 g/mol. The lowest BCUT2D eigenvalue weighted by Gasteiger charge is -2.04. The third kappa shape index (κ3) is 2.12. The molecule has 0 atom stereocenters. The smallest absolute Gasteiger partial charge is 0.0738 e. The van der Waals surface area contributed by atoms with Gasteiger partial charge in [0.1, 0.15) is 0 Å². The monoisotopic (exact) mass is 268 g/mol. The van der Waals surface area contributed by atoms with E-state index in [1.165, 1.54) is 5.69 Å². The van der Waals surface area contributed by atoms with Crippen molar-refractivity contribution in [2.24, 2.45) is 0 Å². The number of hydrogen-bond acceptors (Lipinski definition) is 2. The molecule has 5 heteroatoms. The van der Waals surface area contributed by atoms with E-state index in [4.69, 9.17) is 0 Å². The highest BCUT2D eigenvalue weighted by atomic mass is 79.9. The number of hydrogen-bond donors (Lipinski definition) is 0. The van der Waals surface area contributed by atoms with Crippen LogP contribution >= 0.6 is 15.9 Å². The van der Waals surface area contributed by atoms with Gasteiger partial charge in [0, 0.05) is 18.1 Å². The predicted molar refractivity (Wildman–Crippen MR) is 61.6 cm³/mol. The molecule has 0 saturated carbocycles. The third-order valence-corrected chi connectivity index (χ3v) is 3.54. The molecule has 0 saturated heterocycles. The average molecular weight is 269 g/mol. The van der Waals surface area contributed by atoms with E-state index in [0.717, 1.165) is 23.3 Å². The molecule has 2 rings (SSSR count). The van der Waals surface area contributed by atoms with Gasteiger partial charge in [-0.15, -0.1) is 0 Å². The quantitative estimate of drug-likeness (QED) is 0.856. The summed E-state index contributed by atoms with van der Waals surface area (Å²) >= 11 is 3.51. The Morgan fingerprint density at radius 1 is 1.33 bits per heavy atom. The molecule has 0 N–H and O–H groups in total. The average Bonchev–Trinajstić information content (AvgIpc) is 2.80. The van der Waals surface area contributed by atoms with E-state index < -0.39 is 0 Å². The summed E-state index contributed by atoms with van der Waals surface area (Å²) in [6.45, 7) is 5.76. The van der Waals surface area contributed by atoms with Gasteiger partial charge in [0.15, 0.2) is 0 Å². The molecule has 0 fully saturated rings. The fourth-order valence-electron chi connectivity index (χ4n) is 1.52. The summed E-state index contributed by atoms with van der Waals surface area (Å²) < 4.78 is 5.01. The van der Waals surface area contributed by atoms with Gasteiger partial charge in [-0.05, 0) is 35.8 Å². The number of aryl methyl sites for hydroxylation is 3. The zero-order valence-electron chi connectivity index (χ0n) is 8.81. The SMILES string of the molecule is Cc1nn(CCn2cccn2)c(C)c1Br. The summed E-state index contributed by atoms with van der Waals surface area (Å²) in [5.74, 6) is 0. The molecule has 0 bridgehead atoms. The van der Waals surface area contributed by atoms with Crippen molar-refractivity contribution in [1.82, 2.24) is 19.6 Å². The van der Waals surface area contributed by atoms with Crippen LogP contribution in [0.3, 0.4) is 0 Å². The first-order valence-electron chi connectivity index (χ1n) is 4.85. The summed E-state index contributed by atoms with van der Waals surface area (Å²) in [5.41, 5.74) is 2.20. The van der Waals surface area contributed by atoms with E-state index in [1.807, 2.05) is 28.6 Å². The van der Waals surface area contributed by atoms with Gasteiger partial charge in [0.2, 0.25) is 0 Å². The Morgan fingerprint density at radius 3 is 2.67 bits per heavy atom. The maximum atomic E-state index is 4.44. The van der Waals surface area contributed by atoms with Crippen LogP contribution in [0.5, 0.6) is 0 Å². The van der Waals surface area contributed by atoms with Crippen LogP contribution in [0.25, 0.3) is 0 Å². The second-order valence-electron chi connectivity index (χ2n) is 3.48. The number of nitrogens with zero attached hydrogens (tertiary/aromatic N) is 4. The molecule has 0 aliphatic rings. The Morgan fingerprint density at radius 2 is 2.13 bits per heavy atom. The fraction of sp³-hybridized carbons (Fsp3) is 0.400. The van der Waals surface area contributed by atoms with Crippen LogP contribution in [0.4, 0.5) is 0 Å². The Labute approximate surface area is 97.0 Å². The molecule has 0 amide bonds. The van der Waals surface area contributed by atoms with E-state index in [0.29, 0.717) is 0 Å². The molecule has 80 valence electrons. The lowest BCUT2D eigenvalue weighted by Crippen LogP contribution is -2.10. The minimum absolute atomic E-state index is 0.847. The molecule has 4 nitrogen and oxygen atoms in total. The Bertz CT molecular complexity index is 444. The highest BCUT2D eigenvalue weighted by Gasteiger charge is 2.07. The minimum atomic E-state index is 0.847. The van der Waals surface area contributed by atoms with Gasteiger partial charge in [-0.3, -0.25) is 9.36 Å². The van der Waals surface area contributed by atoms with Crippen LogP contribution in [0.15, 0.2) is 22.9 Å². The molecule has 0 aromatic carbocycles. The van der Waals surface area contributed by atoms with Gasteiger partial charge in [-0.25, -0.2) is 0 Å². The van der Waals surface area contributed by atoms with Crippen molar-refractivity contribution in [3.8, 4) is 0 Å². The molecule has 0 aliphatic carbocycles. The van der Waals surface area contributed by atoms with Crippen molar-refractivity contribution >= 4 is 15.9 Å². The van der Waals surface area contributed by atoms with Gasteiger partial charge >= 0.3 is 0 Å². The molecule has 0 spiro atoms. The Hall–Kier alpha value is -1.10. The van der Waals surface area contributed by atoms with Crippen molar-refractivity contribution < 1.29 is 0 Å². The van der Waals surface area contributed by atoms with Crippen LogP contribution in [-0.4, -0.2) is 19.6 Å². The summed E-state index contributed by atoms with van der Waals surface area (Å²) in [5, 5.41) is 8.59. The van der Waals surface area contributed by atoms with Crippen molar-refractivity contribution in [2.45, 2.75) is 26.9 Å². The van der Waals surface area contributed by atoms with Crippen LogP contribution in [0.1, 0.15) is 11.4 Å². The summed E-state index contributed by atoms with van der Waals surface area (Å²) in [7, 11) is 0. The van der Waals surface area contributed by atoms with Crippen molar-refractivity contribution in [3.05, 3.63) is 34.3 Å². The number of aromatic nitrogens is 4. The first kappa shape index (κ1) is 10.4. The van der Waals surface area contributed by atoms with E-state index in [9.17, 15) is 0 Å². The molecule has 2 heterocycles. The normalized spacial score (nSPS) is 10.9. The van der Waals surface area contributed by atoms with Crippen LogP contribution in [-0.2, 0) is 13.1 Å². The zero-order valence-corrected chi connectivity index (χ0v) is 10.4. The molecule has 0 radical (unpaired) electrons. The first-order chi connectivity index (χ1) is 7.18. The summed E-state index contributed by atoms with van der Waals surface area (Å²) in [4.78, 5) is 0. The standard InChI is InChI=1S/C10H13BrN4/c1-8-10(11)9(2)15(13-8)7-6-14-5-3-4-12-14/h3-5H,6-7H2,1-2H3. The van der Waals surface area contributed by atoms with Crippen molar-refractivity contribution in [1.29, 1.82) is 0 Å². The van der Waals surface area contributed by atoms with Crippen molar-refractivity contribution in [2.75, 3.05) is 0 Å². The maximum Gasteiger partial charge on any atom is 0.0738 e. The van der Waals surface area contributed by atoms with E-state index in [-0.39, 0.29) is 0 Å². The van der Waals surface area contributed by atoms with Gasteiger partial charge in [-0.2, -0.15) is 10.2 Å². The highest BCUT2D eigenvalue weighted by molar-refractivity contribution is 9.10. The van der Waals surface area contributed by atoms with Gasteiger partial charge < -0.3 is 0 Å². The molecule has 2 aromatic heterocycles. The second-order valence-corrected chi connectivity index (χ2v) is 4.27. The third-order valence-electron chi connectivity index (χ3n) is 2.39. The lowest BCUT2D eigenvalue weighted by atomic mass is 10.4. The maximum absolute atomic E-state index is 4.44. The zero-order chi connectivity index (χ0) is 10.8. The van der Waals surface area contributed by atoms with Crippen LogP contribution in [0, 0.1) is 13.8 Å². The molecule has 0 unspecified atom stereocenters. The predicted octanol–water partition coefficient (Wildman–Crippen LogP) is 2.16. The largest absolute Gasteiger partial charge is 0.271 e. The Balaban J connectivity index is 2.08. The molecule has 0 aliphatic heterocycles. The van der Waals surface area contributed by atoms with Crippen LogP contribution in [0.2, 0.25) is 0 Å². The first-order valence-corrected chi connectivity index (χ1v) is 5.64. The van der Waals surface area contributed by atoms with Gasteiger partial charge in [0.05, 0.1) is 23.3 Å². The van der Waals surface area contributed by atoms with E-state index in [2.05, 4.69) is 33.1 Å². The Kier molecular flexibility index (Phi) is 2.90. The van der Waals surface area contributed by atoms with Crippen molar-refractivity contribution in [3.63, 3.8) is 0 Å². The van der Waals surface area contributed by atoms with Crippen LogP contribution < -0.4 is 0 Å². The molecule has 2 aromatic rings. The number of rotatable bonds is 3. The summed E-state index contributed by atoms with van der Waals surface area (Å²) in [6, 6.07) is 1.93. The lowest BCUT2D eigenvalue weighted by molar-refractivity contribution is 0.490. The second kappa shape index (κ2) is 4.18. The minimum Gasteiger partial charge on any atom is -0.271 e. The summed E-state index contributed by atoms with van der Waals surface area (Å²) in [6.07, 6.45) is 3.75.